The Hall–Kier alpha value is -1.02. The summed E-state index contributed by atoms with van der Waals surface area (Å²) in [4.78, 5) is 0. The van der Waals surface area contributed by atoms with Crippen LogP contribution in [0.4, 0.5) is 0 Å². The van der Waals surface area contributed by atoms with Crippen molar-refractivity contribution in [2.75, 3.05) is 7.11 Å². The summed E-state index contributed by atoms with van der Waals surface area (Å²) in [7, 11) is 1.75. The fourth-order valence-electron chi connectivity index (χ4n) is 3.21. The second kappa shape index (κ2) is 5.75. The molecule has 0 aromatic heterocycles. The minimum Gasteiger partial charge on any atom is -0.496 e. The Morgan fingerprint density at radius 1 is 1.11 bits per heavy atom. The highest BCUT2D eigenvalue weighted by Crippen LogP contribution is 2.30. The Kier molecular flexibility index (Phi) is 4.28. The Bertz CT molecular complexity index is 383. The predicted octanol–water partition coefficient (Wildman–Crippen LogP) is 3.37. The molecule has 2 heteroatoms. The molecule has 2 N–H and O–H groups in total. The van der Waals surface area contributed by atoms with Crippen LogP contribution in [0.5, 0.6) is 5.75 Å². The van der Waals surface area contributed by atoms with Gasteiger partial charge in [0, 0.05) is 6.04 Å². The molecule has 0 heterocycles. The van der Waals surface area contributed by atoms with Gasteiger partial charge < -0.3 is 10.5 Å². The number of aryl methyl sites for hydroxylation is 2. The van der Waals surface area contributed by atoms with E-state index in [-0.39, 0.29) is 0 Å². The minimum atomic E-state index is 0.445. The molecular formula is C16H25NO. The van der Waals surface area contributed by atoms with Crippen LogP contribution in [-0.4, -0.2) is 13.2 Å². The van der Waals surface area contributed by atoms with Gasteiger partial charge in [-0.3, -0.25) is 0 Å². The van der Waals surface area contributed by atoms with E-state index in [1.54, 1.807) is 7.11 Å². The van der Waals surface area contributed by atoms with Crippen LogP contribution < -0.4 is 10.5 Å². The molecule has 0 bridgehead atoms. The van der Waals surface area contributed by atoms with E-state index in [4.69, 9.17) is 10.5 Å². The number of benzene rings is 1. The highest BCUT2D eigenvalue weighted by molar-refractivity contribution is 5.43. The molecule has 1 aliphatic rings. The SMILES string of the molecule is COc1c(C)cc(CC2CCC(N)CC2)cc1C. The average Bonchev–Trinajstić information content (AvgIpc) is 2.32. The summed E-state index contributed by atoms with van der Waals surface area (Å²) in [5, 5.41) is 0. The van der Waals surface area contributed by atoms with Crippen LogP contribution in [0.3, 0.4) is 0 Å². The number of hydrogen-bond donors (Lipinski definition) is 1. The first-order chi connectivity index (χ1) is 8.60. The summed E-state index contributed by atoms with van der Waals surface area (Å²) in [6.07, 6.45) is 6.15. The lowest BCUT2D eigenvalue weighted by Gasteiger charge is -2.26. The second-order valence-corrected chi connectivity index (χ2v) is 5.75. The highest BCUT2D eigenvalue weighted by atomic mass is 16.5. The van der Waals surface area contributed by atoms with Gasteiger partial charge in [-0.05, 0) is 68.6 Å². The van der Waals surface area contributed by atoms with E-state index in [9.17, 15) is 0 Å². The van der Waals surface area contributed by atoms with E-state index in [0.29, 0.717) is 6.04 Å². The van der Waals surface area contributed by atoms with E-state index < -0.39 is 0 Å². The molecule has 2 nitrogen and oxygen atoms in total. The van der Waals surface area contributed by atoms with Crippen LogP contribution in [-0.2, 0) is 6.42 Å². The van der Waals surface area contributed by atoms with Crippen molar-refractivity contribution in [1.82, 2.24) is 0 Å². The van der Waals surface area contributed by atoms with Gasteiger partial charge >= 0.3 is 0 Å². The third-order valence-corrected chi connectivity index (χ3v) is 4.14. The summed E-state index contributed by atoms with van der Waals surface area (Å²) in [6, 6.07) is 5.00. The molecule has 0 unspecified atom stereocenters. The van der Waals surface area contributed by atoms with Crippen molar-refractivity contribution in [3.63, 3.8) is 0 Å². The molecule has 0 radical (unpaired) electrons. The highest BCUT2D eigenvalue weighted by Gasteiger charge is 2.19. The van der Waals surface area contributed by atoms with E-state index in [1.807, 2.05) is 0 Å². The fourth-order valence-corrected chi connectivity index (χ4v) is 3.21. The van der Waals surface area contributed by atoms with Gasteiger partial charge in [0.05, 0.1) is 7.11 Å². The van der Waals surface area contributed by atoms with Crippen molar-refractivity contribution in [3.8, 4) is 5.75 Å². The molecule has 1 aromatic carbocycles. The summed E-state index contributed by atoms with van der Waals surface area (Å²) in [5.41, 5.74) is 9.91. The van der Waals surface area contributed by atoms with Crippen molar-refractivity contribution in [2.45, 2.75) is 52.0 Å². The summed E-state index contributed by atoms with van der Waals surface area (Å²) < 4.78 is 5.42. The molecule has 2 rings (SSSR count). The molecule has 1 fully saturated rings. The first-order valence-electron chi connectivity index (χ1n) is 7.00. The van der Waals surface area contributed by atoms with Gasteiger partial charge in [0.1, 0.15) is 5.75 Å². The Labute approximate surface area is 111 Å². The molecule has 1 aromatic rings. The van der Waals surface area contributed by atoms with Crippen LogP contribution in [0.1, 0.15) is 42.4 Å². The first-order valence-corrected chi connectivity index (χ1v) is 7.00. The van der Waals surface area contributed by atoms with Gasteiger partial charge in [-0.15, -0.1) is 0 Å². The van der Waals surface area contributed by atoms with E-state index in [1.165, 1.54) is 48.8 Å². The van der Waals surface area contributed by atoms with Crippen molar-refractivity contribution < 1.29 is 4.74 Å². The Balaban J connectivity index is 2.06. The largest absolute Gasteiger partial charge is 0.496 e. The van der Waals surface area contributed by atoms with Crippen LogP contribution >= 0.6 is 0 Å². The maximum atomic E-state index is 5.96. The molecule has 1 aliphatic carbocycles. The van der Waals surface area contributed by atoms with Crippen LogP contribution in [0.15, 0.2) is 12.1 Å². The van der Waals surface area contributed by atoms with Crippen molar-refractivity contribution in [3.05, 3.63) is 28.8 Å². The molecule has 0 atom stereocenters. The monoisotopic (exact) mass is 247 g/mol. The maximum Gasteiger partial charge on any atom is 0.124 e. The zero-order valence-electron chi connectivity index (χ0n) is 11.8. The lowest BCUT2D eigenvalue weighted by molar-refractivity contribution is 0.324. The smallest absolute Gasteiger partial charge is 0.124 e. The molecule has 18 heavy (non-hydrogen) atoms. The lowest BCUT2D eigenvalue weighted by atomic mass is 9.82. The van der Waals surface area contributed by atoms with Crippen LogP contribution in [0, 0.1) is 19.8 Å². The summed E-state index contributed by atoms with van der Waals surface area (Å²) in [5.74, 6) is 1.85. The molecule has 100 valence electrons. The van der Waals surface area contributed by atoms with Gasteiger partial charge in [0.2, 0.25) is 0 Å². The van der Waals surface area contributed by atoms with Gasteiger partial charge in [-0.25, -0.2) is 0 Å². The second-order valence-electron chi connectivity index (χ2n) is 5.75. The van der Waals surface area contributed by atoms with Gasteiger partial charge in [0.15, 0.2) is 0 Å². The number of hydrogen-bond acceptors (Lipinski definition) is 2. The molecule has 0 saturated heterocycles. The minimum absolute atomic E-state index is 0.445. The molecular weight excluding hydrogens is 222 g/mol. The first kappa shape index (κ1) is 13.4. The van der Waals surface area contributed by atoms with Gasteiger partial charge in [0.25, 0.3) is 0 Å². The summed E-state index contributed by atoms with van der Waals surface area (Å²) in [6.45, 7) is 4.26. The fraction of sp³-hybridized carbons (Fsp3) is 0.625. The van der Waals surface area contributed by atoms with Crippen LogP contribution in [0.25, 0.3) is 0 Å². The maximum absolute atomic E-state index is 5.96. The standard InChI is InChI=1S/C16H25NO/c1-11-8-14(9-12(2)16(11)18-3)10-13-4-6-15(17)7-5-13/h8-9,13,15H,4-7,10,17H2,1-3H3. The van der Waals surface area contributed by atoms with Crippen LogP contribution in [0.2, 0.25) is 0 Å². The van der Waals surface area contributed by atoms with Crippen molar-refractivity contribution in [1.29, 1.82) is 0 Å². The van der Waals surface area contributed by atoms with Crippen molar-refractivity contribution >= 4 is 0 Å². The Morgan fingerprint density at radius 2 is 1.67 bits per heavy atom. The number of methoxy groups -OCH3 is 1. The lowest BCUT2D eigenvalue weighted by Crippen LogP contribution is -2.27. The average molecular weight is 247 g/mol. The molecule has 0 amide bonds. The number of ether oxygens (including phenoxy) is 1. The van der Waals surface area contributed by atoms with Crippen molar-refractivity contribution in [2.24, 2.45) is 11.7 Å². The zero-order valence-corrected chi connectivity index (χ0v) is 11.8. The van der Waals surface area contributed by atoms with E-state index >= 15 is 0 Å². The van der Waals surface area contributed by atoms with Gasteiger partial charge in [-0.2, -0.15) is 0 Å². The quantitative estimate of drug-likeness (QED) is 0.888. The van der Waals surface area contributed by atoms with E-state index in [2.05, 4.69) is 26.0 Å². The number of nitrogens with two attached hydrogens (primary N) is 1. The topological polar surface area (TPSA) is 35.2 Å². The third-order valence-electron chi connectivity index (χ3n) is 4.14. The normalized spacial score (nSPS) is 24.0. The number of rotatable bonds is 3. The Morgan fingerprint density at radius 3 is 2.17 bits per heavy atom. The molecule has 1 saturated carbocycles. The molecule has 0 aliphatic heterocycles. The third kappa shape index (κ3) is 3.05. The van der Waals surface area contributed by atoms with E-state index in [0.717, 1.165) is 11.7 Å². The zero-order chi connectivity index (χ0) is 13.1. The summed E-state index contributed by atoms with van der Waals surface area (Å²) >= 11 is 0. The molecule has 0 spiro atoms. The predicted molar refractivity (Wildman–Crippen MR) is 76.1 cm³/mol. The van der Waals surface area contributed by atoms with Gasteiger partial charge in [-0.1, -0.05) is 12.1 Å².